The molecule has 0 radical (unpaired) electrons. The minimum atomic E-state index is -0.652. The fraction of sp³-hybridized carbons (Fsp3) is 0.562. The molecule has 1 aromatic rings. The molecule has 1 atom stereocenters. The van der Waals surface area contributed by atoms with Gasteiger partial charge in [0.15, 0.2) is 5.75 Å². The smallest absolute Gasteiger partial charge is 0.323 e. The Bertz CT molecular complexity index is 619. The Hall–Kier alpha value is -2.35. The van der Waals surface area contributed by atoms with Gasteiger partial charge in [-0.25, -0.2) is 0 Å². The molecule has 132 valence electrons. The minimum absolute atomic E-state index is 0.0453. The third-order valence-electron chi connectivity index (χ3n) is 4.09. The van der Waals surface area contributed by atoms with E-state index in [4.69, 9.17) is 9.47 Å². The normalized spacial score (nSPS) is 18.2. The molecule has 1 saturated heterocycles. The summed E-state index contributed by atoms with van der Waals surface area (Å²) in [6.07, 6.45) is 2.60. The first-order valence-electron chi connectivity index (χ1n) is 7.92. The Labute approximate surface area is 140 Å². The first-order valence-corrected chi connectivity index (χ1v) is 7.92. The van der Waals surface area contributed by atoms with E-state index in [1.807, 2.05) is 4.90 Å². The van der Waals surface area contributed by atoms with Crippen molar-refractivity contribution < 1.29 is 24.3 Å². The van der Waals surface area contributed by atoms with Crippen LogP contribution in [0.25, 0.3) is 0 Å². The number of nitro benzene ring substituents is 1. The molecule has 24 heavy (non-hydrogen) atoms. The summed E-state index contributed by atoms with van der Waals surface area (Å²) in [5.41, 5.74) is 0.196. The van der Waals surface area contributed by atoms with Crippen LogP contribution in [0.4, 0.5) is 5.69 Å². The lowest BCUT2D eigenvalue weighted by Crippen LogP contribution is -2.44. The van der Waals surface area contributed by atoms with Gasteiger partial charge in [0, 0.05) is 12.6 Å². The molecule has 1 aliphatic rings. The highest BCUT2D eigenvalue weighted by molar-refractivity contribution is 5.75. The third kappa shape index (κ3) is 3.94. The number of nitro groups is 1. The fourth-order valence-electron chi connectivity index (χ4n) is 2.95. The lowest BCUT2D eigenvalue weighted by Gasteiger charge is -2.33. The number of piperidine rings is 1. The molecule has 0 aliphatic carbocycles. The molecule has 2 rings (SSSR count). The summed E-state index contributed by atoms with van der Waals surface area (Å²) in [7, 11) is 1.34. The molecule has 0 unspecified atom stereocenters. The van der Waals surface area contributed by atoms with Gasteiger partial charge in [0.1, 0.15) is 6.04 Å². The van der Waals surface area contributed by atoms with E-state index in [1.165, 1.54) is 13.2 Å². The molecule has 0 saturated carbocycles. The molecule has 0 amide bonds. The van der Waals surface area contributed by atoms with E-state index < -0.39 is 16.4 Å². The quantitative estimate of drug-likeness (QED) is 0.482. The molecular weight excluding hydrogens is 316 g/mol. The van der Waals surface area contributed by atoms with E-state index >= 15 is 0 Å². The summed E-state index contributed by atoms with van der Waals surface area (Å²) >= 11 is 0. The molecule has 1 N–H and O–H groups in total. The Morgan fingerprint density at radius 1 is 1.46 bits per heavy atom. The van der Waals surface area contributed by atoms with Crippen LogP contribution >= 0.6 is 0 Å². The van der Waals surface area contributed by atoms with Crippen molar-refractivity contribution in [1.29, 1.82) is 0 Å². The van der Waals surface area contributed by atoms with Gasteiger partial charge in [-0.2, -0.15) is 0 Å². The number of nitrogens with zero attached hydrogens (tertiary/aromatic N) is 2. The number of carbonyl (C=O) groups excluding carboxylic acids is 1. The molecule has 0 aromatic heterocycles. The number of hydrogen-bond acceptors (Lipinski definition) is 7. The third-order valence-corrected chi connectivity index (χ3v) is 4.09. The summed E-state index contributed by atoms with van der Waals surface area (Å²) in [6, 6.07) is 2.52. The number of esters is 1. The summed E-state index contributed by atoms with van der Waals surface area (Å²) in [4.78, 5) is 24.5. The first-order chi connectivity index (χ1) is 11.5. The van der Waals surface area contributed by atoms with Crippen LogP contribution in [0.2, 0.25) is 0 Å². The zero-order valence-electron chi connectivity index (χ0n) is 13.9. The molecule has 8 heteroatoms. The highest BCUT2D eigenvalue weighted by atomic mass is 16.6. The minimum Gasteiger partial charge on any atom is -0.500 e. The Morgan fingerprint density at radius 2 is 2.21 bits per heavy atom. The van der Waals surface area contributed by atoms with Gasteiger partial charge in [-0.05, 0) is 37.9 Å². The van der Waals surface area contributed by atoms with Crippen LogP contribution in [0, 0.1) is 10.1 Å². The molecule has 0 bridgehead atoms. The summed E-state index contributed by atoms with van der Waals surface area (Å²) in [6.45, 7) is 3.14. The second kappa shape index (κ2) is 7.96. The maximum Gasteiger partial charge on any atom is 0.323 e. The number of carbonyl (C=O) groups is 1. The van der Waals surface area contributed by atoms with Gasteiger partial charge >= 0.3 is 11.7 Å². The Kier molecular flexibility index (Phi) is 5.97. The number of phenols is 1. The molecule has 8 nitrogen and oxygen atoms in total. The molecule has 1 aromatic carbocycles. The maximum absolute atomic E-state index is 12.1. The second-order valence-electron chi connectivity index (χ2n) is 5.66. The predicted molar refractivity (Wildman–Crippen MR) is 86.0 cm³/mol. The molecule has 1 heterocycles. The molecule has 1 aliphatic heterocycles. The average molecular weight is 338 g/mol. The number of likely N-dealkylation sites (tertiary alicyclic amines) is 1. The van der Waals surface area contributed by atoms with E-state index in [2.05, 4.69) is 0 Å². The maximum atomic E-state index is 12.1. The highest BCUT2D eigenvalue weighted by Gasteiger charge is 2.30. The van der Waals surface area contributed by atoms with E-state index in [0.29, 0.717) is 31.7 Å². The van der Waals surface area contributed by atoms with Crippen molar-refractivity contribution in [2.24, 2.45) is 0 Å². The van der Waals surface area contributed by atoms with E-state index in [9.17, 15) is 20.0 Å². The van der Waals surface area contributed by atoms with Crippen molar-refractivity contribution in [3.05, 3.63) is 27.8 Å². The van der Waals surface area contributed by atoms with Crippen LogP contribution in [0.1, 0.15) is 31.7 Å². The number of phenolic OH excluding ortho intramolecular Hbond substituents is 1. The fourth-order valence-corrected chi connectivity index (χ4v) is 2.95. The molecule has 1 fully saturated rings. The van der Waals surface area contributed by atoms with E-state index in [-0.39, 0.29) is 17.8 Å². The van der Waals surface area contributed by atoms with Crippen LogP contribution in [0.5, 0.6) is 11.5 Å². The van der Waals surface area contributed by atoms with Gasteiger partial charge in [-0.15, -0.1) is 0 Å². The van der Waals surface area contributed by atoms with Crippen molar-refractivity contribution in [3.63, 3.8) is 0 Å². The number of methoxy groups -OCH3 is 1. The van der Waals surface area contributed by atoms with Crippen LogP contribution < -0.4 is 4.74 Å². The van der Waals surface area contributed by atoms with Crippen molar-refractivity contribution in [1.82, 2.24) is 4.90 Å². The lowest BCUT2D eigenvalue weighted by atomic mass is 10.0. The van der Waals surface area contributed by atoms with Gasteiger partial charge in [-0.3, -0.25) is 19.8 Å². The van der Waals surface area contributed by atoms with Gasteiger partial charge in [0.2, 0.25) is 5.75 Å². The number of rotatable bonds is 6. The zero-order valence-corrected chi connectivity index (χ0v) is 13.9. The first kappa shape index (κ1) is 18.0. The highest BCUT2D eigenvalue weighted by Crippen LogP contribution is 2.37. The lowest BCUT2D eigenvalue weighted by molar-refractivity contribution is -0.386. The Morgan fingerprint density at radius 3 is 2.83 bits per heavy atom. The summed E-state index contributed by atoms with van der Waals surface area (Å²) in [5.74, 6) is -0.715. The van der Waals surface area contributed by atoms with Crippen molar-refractivity contribution in [2.75, 3.05) is 20.3 Å². The zero-order chi connectivity index (χ0) is 17.7. The van der Waals surface area contributed by atoms with Crippen LogP contribution in [-0.2, 0) is 16.1 Å². The SMILES string of the molecule is CCOC(=O)[C@@H]1CCCCN1Cc1cc(OC)c(O)c([N+](=O)[O-])c1. The summed E-state index contributed by atoms with van der Waals surface area (Å²) < 4.78 is 10.1. The standard InChI is InChI=1S/C16H22N2O6/c1-3-24-16(20)12-6-4-5-7-17(12)10-11-8-13(18(21)22)15(19)14(9-11)23-2/h8-9,12,19H,3-7,10H2,1-2H3/t12-/m0/s1. The summed E-state index contributed by atoms with van der Waals surface area (Å²) in [5, 5.41) is 20.9. The largest absolute Gasteiger partial charge is 0.500 e. The van der Waals surface area contributed by atoms with Crippen LogP contribution in [0.3, 0.4) is 0 Å². The van der Waals surface area contributed by atoms with Crippen molar-refractivity contribution in [2.45, 2.75) is 38.8 Å². The Balaban J connectivity index is 2.26. The van der Waals surface area contributed by atoms with Crippen molar-refractivity contribution >= 4 is 11.7 Å². The van der Waals surface area contributed by atoms with Crippen molar-refractivity contribution in [3.8, 4) is 11.5 Å². The van der Waals surface area contributed by atoms with Gasteiger partial charge < -0.3 is 14.6 Å². The number of benzene rings is 1. The van der Waals surface area contributed by atoms with E-state index in [1.54, 1.807) is 13.0 Å². The number of ether oxygens (including phenoxy) is 2. The number of aromatic hydroxyl groups is 1. The van der Waals surface area contributed by atoms with Crippen LogP contribution in [-0.4, -0.2) is 47.2 Å². The monoisotopic (exact) mass is 338 g/mol. The van der Waals surface area contributed by atoms with E-state index in [0.717, 1.165) is 12.8 Å². The molecular formula is C16H22N2O6. The average Bonchev–Trinajstić information content (AvgIpc) is 2.56. The molecule has 0 spiro atoms. The van der Waals surface area contributed by atoms with Gasteiger partial charge in [0.25, 0.3) is 0 Å². The van der Waals surface area contributed by atoms with Gasteiger partial charge in [0.05, 0.1) is 18.6 Å². The van der Waals surface area contributed by atoms with Crippen LogP contribution in [0.15, 0.2) is 12.1 Å². The second-order valence-corrected chi connectivity index (χ2v) is 5.66. The van der Waals surface area contributed by atoms with Gasteiger partial charge in [-0.1, -0.05) is 6.42 Å². The topological polar surface area (TPSA) is 102 Å². The predicted octanol–water partition coefficient (Wildman–Crippen LogP) is 2.23. The number of hydrogen-bond donors (Lipinski definition) is 1.